The normalized spacial score (nSPS) is 21.5. The highest BCUT2D eigenvalue weighted by Crippen LogP contribution is 2.32. The molecule has 0 aromatic carbocycles. The molecule has 0 bridgehead atoms. The fraction of sp³-hybridized carbons (Fsp3) is 0.545. The molecule has 6 heteroatoms. The summed E-state index contributed by atoms with van der Waals surface area (Å²) in [4.78, 5) is 3.73. The predicted octanol–water partition coefficient (Wildman–Crippen LogP) is 3.33. The summed E-state index contributed by atoms with van der Waals surface area (Å²) in [5.74, 6) is 0.0716. The van der Waals surface area contributed by atoms with Crippen molar-refractivity contribution in [3.05, 3.63) is 28.0 Å². The highest BCUT2D eigenvalue weighted by Gasteiger charge is 2.33. The Morgan fingerprint density at radius 1 is 1.35 bits per heavy atom. The van der Waals surface area contributed by atoms with Gasteiger partial charge in [-0.15, -0.1) is 0 Å². The number of nitrogens with zero attached hydrogens (tertiary/aromatic N) is 1. The Bertz CT molecular complexity index is 400. The smallest absolute Gasteiger partial charge is 0.316 e. The van der Waals surface area contributed by atoms with Crippen LogP contribution >= 0.6 is 15.9 Å². The minimum Gasteiger partial charge on any atom is -0.316 e. The molecular weight excluding hydrogens is 297 g/mol. The van der Waals surface area contributed by atoms with Gasteiger partial charge in [0.25, 0.3) is 0 Å². The monoisotopic (exact) mass is 308 g/mol. The molecule has 0 saturated carbocycles. The van der Waals surface area contributed by atoms with Crippen LogP contribution in [0.15, 0.2) is 16.6 Å². The number of hydrogen-bond donors (Lipinski definition) is 1. The minimum absolute atomic E-state index is 0.0716. The second-order valence-corrected chi connectivity index (χ2v) is 5.05. The molecular formula is C11H12BrF3N2. The SMILES string of the molecule is FC(F)(F)c1cc(Br)cc(C2CCCNC2)n1. The third kappa shape index (κ3) is 3.19. The average Bonchev–Trinajstić information content (AvgIpc) is 2.28. The summed E-state index contributed by atoms with van der Waals surface area (Å²) in [5, 5.41) is 3.17. The zero-order valence-electron chi connectivity index (χ0n) is 9.02. The van der Waals surface area contributed by atoms with Gasteiger partial charge in [0, 0.05) is 22.6 Å². The number of halogens is 4. The first-order chi connectivity index (χ1) is 7.97. The Hall–Kier alpha value is -0.620. The van der Waals surface area contributed by atoms with E-state index >= 15 is 0 Å². The summed E-state index contributed by atoms with van der Waals surface area (Å²) in [6.45, 7) is 1.62. The van der Waals surface area contributed by atoms with E-state index in [2.05, 4.69) is 26.2 Å². The molecule has 94 valence electrons. The van der Waals surface area contributed by atoms with Crippen molar-refractivity contribution in [2.45, 2.75) is 24.9 Å². The second kappa shape index (κ2) is 4.94. The van der Waals surface area contributed by atoms with E-state index in [9.17, 15) is 13.2 Å². The van der Waals surface area contributed by atoms with Crippen molar-refractivity contribution < 1.29 is 13.2 Å². The lowest BCUT2D eigenvalue weighted by atomic mass is 9.95. The molecule has 1 atom stereocenters. The van der Waals surface area contributed by atoms with Gasteiger partial charge in [0.05, 0.1) is 0 Å². The van der Waals surface area contributed by atoms with Gasteiger partial charge in [0.2, 0.25) is 0 Å². The van der Waals surface area contributed by atoms with Gasteiger partial charge in [-0.25, -0.2) is 4.98 Å². The van der Waals surface area contributed by atoms with Crippen LogP contribution in [-0.2, 0) is 6.18 Å². The van der Waals surface area contributed by atoms with E-state index < -0.39 is 11.9 Å². The summed E-state index contributed by atoms with van der Waals surface area (Å²) in [6, 6.07) is 2.69. The maximum Gasteiger partial charge on any atom is 0.433 e. The molecule has 1 saturated heterocycles. The maximum absolute atomic E-state index is 12.6. The highest BCUT2D eigenvalue weighted by atomic mass is 79.9. The van der Waals surface area contributed by atoms with Crippen LogP contribution in [0, 0.1) is 0 Å². The largest absolute Gasteiger partial charge is 0.433 e. The van der Waals surface area contributed by atoms with E-state index in [1.807, 2.05) is 0 Å². The molecule has 17 heavy (non-hydrogen) atoms. The van der Waals surface area contributed by atoms with Gasteiger partial charge in [-0.05, 0) is 31.5 Å². The Morgan fingerprint density at radius 2 is 2.12 bits per heavy atom. The van der Waals surface area contributed by atoms with E-state index in [-0.39, 0.29) is 5.92 Å². The van der Waals surface area contributed by atoms with Gasteiger partial charge in [0.1, 0.15) is 5.69 Å². The third-order valence-corrected chi connectivity index (χ3v) is 3.27. The molecule has 1 fully saturated rings. The van der Waals surface area contributed by atoms with Crippen LogP contribution in [0.2, 0.25) is 0 Å². The van der Waals surface area contributed by atoms with E-state index in [1.54, 1.807) is 6.07 Å². The average molecular weight is 309 g/mol. The summed E-state index contributed by atoms with van der Waals surface area (Å²) >= 11 is 3.11. The number of hydrogen-bond acceptors (Lipinski definition) is 2. The molecule has 1 aromatic rings. The summed E-state index contributed by atoms with van der Waals surface area (Å²) in [5.41, 5.74) is -0.314. The topological polar surface area (TPSA) is 24.9 Å². The van der Waals surface area contributed by atoms with Crippen molar-refractivity contribution in [3.63, 3.8) is 0 Å². The lowest BCUT2D eigenvalue weighted by Gasteiger charge is -2.23. The summed E-state index contributed by atoms with van der Waals surface area (Å²) in [7, 11) is 0. The molecule has 1 unspecified atom stereocenters. The van der Waals surface area contributed by atoms with E-state index in [1.165, 1.54) is 0 Å². The van der Waals surface area contributed by atoms with Gasteiger partial charge in [-0.1, -0.05) is 15.9 Å². The summed E-state index contributed by atoms with van der Waals surface area (Å²) < 4.78 is 38.3. The van der Waals surface area contributed by atoms with E-state index in [0.717, 1.165) is 25.5 Å². The number of pyridine rings is 1. The first kappa shape index (κ1) is 12.8. The quantitative estimate of drug-likeness (QED) is 0.861. The lowest BCUT2D eigenvalue weighted by Crippen LogP contribution is -2.29. The summed E-state index contributed by atoms with van der Waals surface area (Å²) in [6.07, 6.45) is -2.53. The maximum atomic E-state index is 12.6. The fourth-order valence-electron chi connectivity index (χ4n) is 1.98. The molecule has 2 nitrogen and oxygen atoms in total. The highest BCUT2D eigenvalue weighted by molar-refractivity contribution is 9.10. The zero-order valence-corrected chi connectivity index (χ0v) is 10.6. The Balaban J connectivity index is 2.31. The molecule has 0 amide bonds. The number of piperidine rings is 1. The van der Waals surface area contributed by atoms with Crippen LogP contribution in [0.25, 0.3) is 0 Å². The zero-order chi connectivity index (χ0) is 12.5. The molecule has 2 heterocycles. The lowest BCUT2D eigenvalue weighted by molar-refractivity contribution is -0.141. The Labute approximate surface area is 106 Å². The van der Waals surface area contributed by atoms with Crippen LogP contribution in [0.4, 0.5) is 13.2 Å². The van der Waals surface area contributed by atoms with Crippen molar-refractivity contribution >= 4 is 15.9 Å². The van der Waals surface area contributed by atoms with Crippen molar-refractivity contribution in [1.82, 2.24) is 10.3 Å². The van der Waals surface area contributed by atoms with Crippen molar-refractivity contribution in [3.8, 4) is 0 Å². The van der Waals surface area contributed by atoms with Crippen LogP contribution in [0.1, 0.15) is 30.1 Å². The van der Waals surface area contributed by atoms with E-state index in [0.29, 0.717) is 16.7 Å². The molecule has 0 aliphatic carbocycles. The van der Waals surface area contributed by atoms with Crippen LogP contribution in [0.3, 0.4) is 0 Å². The number of aromatic nitrogens is 1. The van der Waals surface area contributed by atoms with Gasteiger partial charge >= 0.3 is 6.18 Å². The number of nitrogens with one attached hydrogen (secondary N) is 1. The van der Waals surface area contributed by atoms with Crippen LogP contribution < -0.4 is 5.32 Å². The third-order valence-electron chi connectivity index (χ3n) is 2.82. The van der Waals surface area contributed by atoms with Crippen LogP contribution in [-0.4, -0.2) is 18.1 Å². The molecule has 1 aliphatic heterocycles. The second-order valence-electron chi connectivity index (χ2n) is 4.14. The van der Waals surface area contributed by atoms with E-state index in [4.69, 9.17) is 0 Å². The first-order valence-corrected chi connectivity index (χ1v) is 6.21. The molecule has 0 spiro atoms. The minimum atomic E-state index is -4.39. The fourth-order valence-corrected chi connectivity index (χ4v) is 2.43. The van der Waals surface area contributed by atoms with Crippen molar-refractivity contribution in [1.29, 1.82) is 0 Å². The molecule has 1 aliphatic rings. The standard InChI is InChI=1S/C11H12BrF3N2/c12-8-4-9(7-2-1-3-16-6-7)17-10(5-8)11(13,14)15/h4-5,7,16H,1-3,6H2. The van der Waals surface area contributed by atoms with Gasteiger partial charge in [-0.3, -0.25) is 0 Å². The molecule has 1 aromatic heterocycles. The molecule has 1 N–H and O–H groups in total. The van der Waals surface area contributed by atoms with Crippen molar-refractivity contribution in [2.24, 2.45) is 0 Å². The molecule has 2 rings (SSSR count). The molecule has 0 radical (unpaired) electrons. The van der Waals surface area contributed by atoms with Gasteiger partial charge in [-0.2, -0.15) is 13.2 Å². The number of alkyl halides is 3. The van der Waals surface area contributed by atoms with Crippen molar-refractivity contribution in [2.75, 3.05) is 13.1 Å². The van der Waals surface area contributed by atoms with Gasteiger partial charge < -0.3 is 5.32 Å². The Morgan fingerprint density at radius 3 is 2.71 bits per heavy atom. The number of rotatable bonds is 1. The first-order valence-electron chi connectivity index (χ1n) is 5.42. The predicted molar refractivity (Wildman–Crippen MR) is 61.8 cm³/mol. The Kier molecular flexibility index (Phi) is 3.73. The van der Waals surface area contributed by atoms with Gasteiger partial charge in [0.15, 0.2) is 0 Å². The van der Waals surface area contributed by atoms with Crippen LogP contribution in [0.5, 0.6) is 0 Å².